The SMILES string of the molecule is CN(c1ncc(B2OC(C)(C)C(C)(C)O2)cn1)C1CCCCC1. The van der Waals surface area contributed by atoms with Crippen LogP contribution in [0.5, 0.6) is 0 Å². The molecule has 0 N–H and O–H groups in total. The van der Waals surface area contributed by atoms with Gasteiger partial charge >= 0.3 is 7.12 Å². The zero-order valence-electron chi connectivity index (χ0n) is 15.0. The van der Waals surface area contributed by atoms with Crippen molar-refractivity contribution in [2.24, 2.45) is 0 Å². The number of anilines is 1. The maximum atomic E-state index is 6.05. The fourth-order valence-corrected chi connectivity index (χ4v) is 3.25. The molecular formula is C17H28BN3O2. The molecule has 3 rings (SSSR count). The van der Waals surface area contributed by atoms with Crippen LogP contribution in [0.25, 0.3) is 0 Å². The lowest BCUT2D eigenvalue weighted by atomic mass is 9.81. The van der Waals surface area contributed by atoms with E-state index in [1.165, 1.54) is 32.1 Å². The molecule has 0 aromatic carbocycles. The molecule has 1 aliphatic heterocycles. The lowest BCUT2D eigenvalue weighted by molar-refractivity contribution is 0.00578. The highest BCUT2D eigenvalue weighted by molar-refractivity contribution is 6.61. The van der Waals surface area contributed by atoms with Gasteiger partial charge in [-0.1, -0.05) is 19.3 Å². The van der Waals surface area contributed by atoms with Gasteiger partial charge in [-0.05, 0) is 40.5 Å². The van der Waals surface area contributed by atoms with Crippen LogP contribution in [0.2, 0.25) is 0 Å². The van der Waals surface area contributed by atoms with Crippen molar-refractivity contribution in [3.8, 4) is 0 Å². The molecule has 2 heterocycles. The summed E-state index contributed by atoms with van der Waals surface area (Å²) in [6.07, 6.45) is 10.1. The summed E-state index contributed by atoms with van der Waals surface area (Å²) in [5, 5.41) is 0. The molecular weight excluding hydrogens is 289 g/mol. The third-order valence-electron chi connectivity index (χ3n) is 5.62. The van der Waals surface area contributed by atoms with E-state index in [0.717, 1.165) is 11.4 Å². The fourth-order valence-electron chi connectivity index (χ4n) is 3.25. The molecule has 0 bridgehead atoms. The molecule has 1 aromatic rings. The van der Waals surface area contributed by atoms with Crippen LogP contribution >= 0.6 is 0 Å². The molecule has 1 aliphatic carbocycles. The van der Waals surface area contributed by atoms with Crippen LogP contribution in [-0.4, -0.2) is 41.4 Å². The molecule has 2 aliphatic rings. The smallest absolute Gasteiger partial charge is 0.399 e. The van der Waals surface area contributed by atoms with Crippen molar-refractivity contribution < 1.29 is 9.31 Å². The van der Waals surface area contributed by atoms with Gasteiger partial charge in [0, 0.05) is 30.9 Å². The summed E-state index contributed by atoms with van der Waals surface area (Å²) in [6, 6.07) is 0.562. The Hall–Kier alpha value is -1.14. The van der Waals surface area contributed by atoms with E-state index in [-0.39, 0.29) is 11.2 Å². The van der Waals surface area contributed by atoms with Crippen LogP contribution in [0.15, 0.2) is 12.4 Å². The predicted octanol–water partition coefficient (Wildman–Crippen LogP) is 2.54. The highest BCUT2D eigenvalue weighted by Gasteiger charge is 2.51. The molecule has 0 radical (unpaired) electrons. The highest BCUT2D eigenvalue weighted by atomic mass is 16.7. The van der Waals surface area contributed by atoms with E-state index in [1.54, 1.807) is 0 Å². The first-order valence-electron chi connectivity index (χ1n) is 8.70. The van der Waals surface area contributed by atoms with Gasteiger partial charge in [-0.25, -0.2) is 9.97 Å². The summed E-state index contributed by atoms with van der Waals surface area (Å²) in [6.45, 7) is 8.22. The van der Waals surface area contributed by atoms with Crippen molar-refractivity contribution in [1.82, 2.24) is 9.97 Å². The first-order valence-corrected chi connectivity index (χ1v) is 8.70. The van der Waals surface area contributed by atoms with Gasteiger partial charge in [-0.15, -0.1) is 0 Å². The first kappa shape index (κ1) is 16.7. The normalized spacial score (nSPS) is 24.0. The Morgan fingerprint density at radius 1 is 1.00 bits per heavy atom. The van der Waals surface area contributed by atoms with Gasteiger partial charge in [0.15, 0.2) is 0 Å². The van der Waals surface area contributed by atoms with Crippen LogP contribution in [0, 0.1) is 0 Å². The van der Waals surface area contributed by atoms with Crippen molar-refractivity contribution >= 4 is 18.5 Å². The van der Waals surface area contributed by atoms with Gasteiger partial charge in [0.05, 0.1) is 11.2 Å². The molecule has 5 nitrogen and oxygen atoms in total. The lowest BCUT2D eigenvalue weighted by Crippen LogP contribution is -2.41. The van der Waals surface area contributed by atoms with Crippen LogP contribution in [0.4, 0.5) is 5.95 Å². The van der Waals surface area contributed by atoms with E-state index in [4.69, 9.17) is 9.31 Å². The molecule has 0 unspecified atom stereocenters. The summed E-state index contributed by atoms with van der Waals surface area (Å²) in [7, 11) is 1.70. The molecule has 6 heteroatoms. The van der Waals surface area contributed by atoms with Crippen molar-refractivity contribution in [3.05, 3.63) is 12.4 Å². The van der Waals surface area contributed by atoms with Gasteiger partial charge in [0.2, 0.25) is 5.95 Å². The molecule has 23 heavy (non-hydrogen) atoms. The maximum absolute atomic E-state index is 6.05. The zero-order valence-corrected chi connectivity index (χ0v) is 15.0. The number of rotatable bonds is 3. The second kappa shape index (κ2) is 6.06. The summed E-state index contributed by atoms with van der Waals surface area (Å²) < 4.78 is 12.1. The quantitative estimate of drug-likeness (QED) is 0.802. The Bertz CT molecular complexity index is 525. The number of hydrogen-bond donors (Lipinski definition) is 0. The standard InChI is InChI=1S/C17H28BN3O2/c1-16(2)17(3,4)23-18(22-16)13-11-19-15(20-12-13)21(5)14-9-7-6-8-10-14/h11-12,14H,6-10H2,1-5H3. The maximum Gasteiger partial charge on any atom is 0.498 e. The zero-order chi connectivity index (χ0) is 16.7. The first-order chi connectivity index (χ1) is 10.8. The van der Waals surface area contributed by atoms with Gasteiger partial charge in [-0.3, -0.25) is 0 Å². The summed E-state index contributed by atoms with van der Waals surface area (Å²) in [5.74, 6) is 0.789. The lowest BCUT2D eigenvalue weighted by Gasteiger charge is -2.32. The molecule has 1 aromatic heterocycles. The minimum Gasteiger partial charge on any atom is -0.399 e. The van der Waals surface area contributed by atoms with Crippen LogP contribution in [0.1, 0.15) is 59.8 Å². The van der Waals surface area contributed by atoms with Crippen molar-refractivity contribution in [3.63, 3.8) is 0 Å². The van der Waals surface area contributed by atoms with E-state index in [1.807, 2.05) is 12.4 Å². The van der Waals surface area contributed by atoms with Crippen LogP contribution in [-0.2, 0) is 9.31 Å². The monoisotopic (exact) mass is 317 g/mol. The van der Waals surface area contributed by atoms with Crippen LogP contribution in [0.3, 0.4) is 0 Å². The Kier molecular flexibility index (Phi) is 4.40. The highest BCUT2D eigenvalue weighted by Crippen LogP contribution is 2.36. The minimum absolute atomic E-state index is 0.338. The second-order valence-electron chi connectivity index (χ2n) is 7.81. The largest absolute Gasteiger partial charge is 0.498 e. The third kappa shape index (κ3) is 3.24. The van der Waals surface area contributed by atoms with E-state index in [2.05, 4.69) is 49.6 Å². The number of nitrogens with zero attached hydrogens (tertiary/aromatic N) is 3. The third-order valence-corrected chi connectivity index (χ3v) is 5.62. The molecule has 1 saturated carbocycles. The number of hydrogen-bond acceptors (Lipinski definition) is 5. The van der Waals surface area contributed by atoms with Gasteiger partial charge in [0.1, 0.15) is 0 Å². The minimum atomic E-state index is -0.394. The van der Waals surface area contributed by atoms with Crippen molar-refractivity contribution in [2.45, 2.75) is 77.0 Å². The van der Waals surface area contributed by atoms with E-state index >= 15 is 0 Å². The fraction of sp³-hybridized carbons (Fsp3) is 0.765. The van der Waals surface area contributed by atoms with Gasteiger partial charge < -0.3 is 14.2 Å². The molecule has 2 fully saturated rings. The van der Waals surface area contributed by atoms with E-state index < -0.39 is 7.12 Å². The predicted molar refractivity (Wildman–Crippen MR) is 93.0 cm³/mol. The number of aromatic nitrogens is 2. The van der Waals surface area contributed by atoms with Crippen molar-refractivity contribution in [1.29, 1.82) is 0 Å². The molecule has 1 saturated heterocycles. The van der Waals surface area contributed by atoms with E-state index in [0.29, 0.717) is 6.04 Å². The Labute approximate surface area is 139 Å². The Morgan fingerprint density at radius 3 is 2.04 bits per heavy atom. The Morgan fingerprint density at radius 2 is 1.52 bits per heavy atom. The topological polar surface area (TPSA) is 47.5 Å². The Balaban J connectivity index is 1.70. The average Bonchev–Trinajstić information content (AvgIpc) is 2.76. The second-order valence-corrected chi connectivity index (χ2v) is 7.81. The van der Waals surface area contributed by atoms with E-state index in [9.17, 15) is 0 Å². The molecule has 126 valence electrons. The summed E-state index contributed by atoms with van der Waals surface area (Å²) in [4.78, 5) is 11.3. The van der Waals surface area contributed by atoms with Gasteiger partial charge in [-0.2, -0.15) is 0 Å². The summed E-state index contributed by atoms with van der Waals surface area (Å²) >= 11 is 0. The molecule has 0 atom stereocenters. The summed E-state index contributed by atoms with van der Waals surface area (Å²) in [5.41, 5.74) is 0.203. The van der Waals surface area contributed by atoms with Gasteiger partial charge in [0.25, 0.3) is 0 Å². The van der Waals surface area contributed by atoms with Crippen LogP contribution < -0.4 is 10.4 Å². The molecule has 0 amide bonds. The van der Waals surface area contributed by atoms with Crippen molar-refractivity contribution in [2.75, 3.05) is 11.9 Å². The average molecular weight is 317 g/mol. The molecule has 0 spiro atoms.